The van der Waals surface area contributed by atoms with Crippen LogP contribution < -0.4 is 15.8 Å². The first-order chi connectivity index (χ1) is 8.02. The molecule has 9 heteroatoms. The van der Waals surface area contributed by atoms with Gasteiger partial charge in [-0.1, -0.05) is 0 Å². The lowest BCUT2D eigenvalue weighted by Crippen LogP contribution is -2.50. The Morgan fingerprint density at radius 3 is 2.65 bits per heavy atom. The lowest BCUT2D eigenvalue weighted by atomic mass is 10.4. The quantitative estimate of drug-likeness (QED) is 0.432. The molecule has 0 aromatic rings. The first-order valence-corrected chi connectivity index (χ1v) is 6.78. The Morgan fingerprint density at radius 2 is 2.06 bits per heavy atom. The summed E-state index contributed by atoms with van der Waals surface area (Å²) >= 11 is 0. The minimum atomic E-state index is -3.44. The molecular weight excluding hydrogens is 248 g/mol. The average Bonchev–Trinajstić information content (AvgIpc) is 2.29. The number of rotatable bonds is 7. The summed E-state index contributed by atoms with van der Waals surface area (Å²) < 4.78 is 32.1. The van der Waals surface area contributed by atoms with Crippen molar-refractivity contribution in [3.63, 3.8) is 0 Å². The second-order valence-electron chi connectivity index (χ2n) is 3.57. The Balaban J connectivity index is 2.22. The summed E-state index contributed by atoms with van der Waals surface area (Å²) in [5.74, 6) is -0.574. The summed E-state index contributed by atoms with van der Waals surface area (Å²) in [6.45, 7) is 2.26. The van der Waals surface area contributed by atoms with Crippen LogP contribution in [-0.4, -0.2) is 64.6 Å². The van der Waals surface area contributed by atoms with Crippen molar-refractivity contribution in [2.75, 3.05) is 45.9 Å². The van der Waals surface area contributed by atoms with Gasteiger partial charge in [0.15, 0.2) is 0 Å². The molecule has 0 bridgehead atoms. The van der Waals surface area contributed by atoms with Crippen LogP contribution >= 0.6 is 0 Å². The zero-order valence-electron chi connectivity index (χ0n) is 9.52. The van der Waals surface area contributed by atoms with Gasteiger partial charge in [-0.2, -0.15) is 17.4 Å². The van der Waals surface area contributed by atoms with Crippen LogP contribution in [0.1, 0.15) is 0 Å². The number of nitrogens with two attached hydrogens (primary N) is 1. The molecule has 0 atom stereocenters. The van der Waals surface area contributed by atoms with Crippen molar-refractivity contribution in [3.8, 4) is 0 Å². The summed E-state index contributed by atoms with van der Waals surface area (Å²) in [5, 5.41) is 3.07. The Bertz CT molecular complexity index is 339. The number of nitrogens with zero attached hydrogens (tertiary/aromatic N) is 1. The summed E-state index contributed by atoms with van der Waals surface area (Å²) in [5.41, 5.74) is 4.86. The van der Waals surface area contributed by atoms with Crippen molar-refractivity contribution in [1.29, 1.82) is 0 Å². The number of carbonyl (C=O) groups is 1. The van der Waals surface area contributed by atoms with Gasteiger partial charge < -0.3 is 15.8 Å². The molecule has 1 saturated heterocycles. The summed E-state index contributed by atoms with van der Waals surface area (Å²) in [7, 11) is -3.44. The summed E-state index contributed by atoms with van der Waals surface area (Å²) in [4.78, 5) is 10.4. The Labute approximate surface area is 101 Å². The van der Waals surface area contributed by atoms with Gasteiger partial charge in [0.25, 0.3) is 10.2 Å². The van der Waals surface area contributed by atoms with Gasteiger partial charge in [-0.05, 0) is 0 Å². The van der Waals surface area contributed by atoms with E-state index in [9.17, 15) is 13.2 Å². The number of amides is 1. The molecule has 0 spiro atoms. The highest BCUT2D eigenvalue weighted by atomic mass is 32.2. The van der Waals surface area contributed by atoms with E-state index in [0.717, 1.165) is 0 Å². The fourth-order valence-electron chi connectivity index (χ4n) is 1.39. The molecule has 4 N–H and O–H groups in total. The van der Waals surface area contributed by atoms with Crippen LogP contribution in [0.4, 0.5) is 0 Å². The zero-order valence-corrected chi connectivity index (χ0v) is 10.3. The fourth-order valence-corrected chi connectivity index (χ4v) is 2.58. The van der Waals surface area contributed by atoms with Crippen molar-refractivity contribution in [2.45, 2.75) is 0 Å². The molecule has 17 heavy (non-hydrogen) atoms. The van der Waals surface area contributed by atoms with Crippen LogP contribution in [0.25, 0.3) is 0 Å². The van der Waals surface area contributed by atoms with Crippen LogP contribution in [0.2, 0.25) is 0 Å². The monoisotopic (exact) mass is 266 g/mol. The van der Waals surface area contributed by atoms with Crippen molar-refractivity contribution in [2.24, 2.45) is 5.73 Å². The summed E-state index contributed by atoms with van der Waals surface area (Å²) in [6.07, 6.45) is 0. The van der Waals surface area contributed by atoms with Crippen molar-refractivity contribution in [3.05, 3.63) is 0 Å². The van der Waals surface area contributed by atoms with E-state index in [0.29, 0.717) is 26.2 Å². The predicted octanol–water partition coefficient (Wildman–Crippen LogP) is -2.77. The molecular formula is C8H18N4O4S. The number of piperazine rings is 1. The largest absolute Gasteiger partial charge is 0.370 e. The molecule has 0 aromatic carbocycles. The highest BCUT2D eigenvalue weighted by molar-refractivity contribution is 7.87. The van der Waals surface area contributed by atoms with E-state index in [-0.39, 0.29) is 19.8 Å². The van der Waals surface area contributed by atoms with Crippen LogP contribution in [0.15, 0.2) is 0 Å². The van der Waals surface area contributed by atoms with Gasteiger partial charge in [-0.3, -0.25) is 4.79 Å². The maximum Gasteiger partial charge on any atom is 0.279 e. The second kappa shape index (κ2) is 6.87. The lowest BCUT2D eigenvalue weighted by molar-refractivity contribution is -0.122. The molecule has 1 aliphatic rings. The van der Waals surface area contributed by atoms with Gasteiger partial charge in [0.1, 0.15) is 6.61 Å². The zero-order chi connectivity index (χ0) is 12.7. The third kappa shape index (κ3) is 5.41. The molecule has 1 heterocycles. The Hall–Kier alpha value is -0.740. The SMILES string of the molecule is NC(=O)COCCNS(=O)(=O)N1CCNCC1. The maximum atomic E-state index is 11.7. The molecule has 1 fully saturated rings. The number of nitrogens with one attached hydrogen (secondary N) is 2. The number of hydrogen-bond donors (Lipinski definition) is 3. The molecule has 8 nitrogen and oxygen atoms in total. The van der Waals surface area contributed by atoms with Crippen molar-refractivity contribution < 1.29 is 17.9 Å². The Morgan fingerprint density at radius 1 is 1.41 bits per heavy atom. The molecule has 0 aromatic heterocycles. The minimum absolute atomic E-state index is 0.119. The number of ether oxygens (including phenoxy) is 1. The van der Waals surface area contributed by atoms with Gasteiger partial charge in [-0.15, -0.1) is 0 Å². The van der Waals surface area contributed by atoms with Gasteiger partial charge in [0.2, 0.25) is 5.91 Å². The second-order valence-corrected chi connectivity index (χ2v) is 5.32. The van der Waals surface area contributed by atoms with Gasteiger partial charge in [0, 0.05) is 32.7 Å². The molecule has 0 unspecified atom stereocenters. The van der Waals surface area contributed by atoms with E-state index in [4.69, 9.17) is 10.5 Å². The van der Waals surface area contributed by atoms with Crippen LogP contribution in [0.3, 0.4) is 0 Å². The van der Waals surface area contributed by atoms with Gasteiger partial charge >= 0.3 is 0 Å². The number of primary amides is 1. The van der Waals surface area contributed by atoms with Crippen molar-refractivity contribution in [1.82, 2.24) is 14.3 Å². The predicted molar refractivity (Wildman–Crippen MR) is 61.4 cm³/mol. The maximum absolute atomic E-state index is 11.7. The van der Waals surface area contributed by atoms with E-state index in [1.165, 1.54) is 4.31 Å². The fraction of sp³-hybridized carbons (Fsp3) is 0.875. The topological polar surface area (TPSA) is 114 Å². The lowest BCUT2D eigenvalue weighted by Gasteiger charge is -2.26. The van der Waals surface area contributed by atoms with E-state index in [1.807, 2.05) is 0 Å². The third-order valence-electron chi connectivity index (χ3n) is 2.19. The van der Waals surface area contributed by atoms with E-state index >= 15 is 0 Å². The average molecular weight is 266 g/mol. The molecule has 1 aliphatic heterocycles. The standard InChI is InChI=1S/C8H18N4O4S/c9-8(13)7-16-6-3-11-17(14,15)12-4-1-10-2-5-12/h10-11H,1-7H2,(H2,9,13). The highest BCUT2D eigenvalue weighted by Crippen LogP contribution is 1.99. The number of hydrogen-bond acceptors (Lipinski definition) is 5. The molecule has 1 amide bonds. The molecule has 0 radical (unpaired) electrons. The normalized spacial score (nSPS) is 18.1. The van der Waals surface area contributed by atoms with E-state index in [2.05, 4.69) is 10.0 Å². The highest BCUT2D eigenvalue weighted by Gasteiger charge is 2.22. The van der Waals surface area contributed by atoms with Gasteiger partial charge in [0.05, 0.1) is 6.61 Å². The van der Waals surface area contributed by atoms with Crippen molar-refractivity contribution >= 4 is 16.1 Å². The molecule has 100 valence electrons. The third-order valence-corrected chi connectivity index (χ3v) is 3.80. The molecule has 0 aliphatic carbocycles. The Kier molecular flexibility index (Phi) is 5.78. The first-order valence-electron chi connectivity index (χ1n) is 5.34. The van der Waals surface area contributed by atoms with E-state index < -0.39 is 16.1 Å². The van der Waals surface area contributed by atoms with Crippen LogP contribution in [0.5, 0.6) is 0 Å². The molecule has 1 rings (SSSR count). The molecule has 0 saturated carbocycles. The van der Waals surface area contributed by atoms with Gasteiger partial charge in [-0.25, -0.2) is 0 Å². The number of carbonyl (C=O) groups excluding carboxylic acids is 1. The minimum Gasteiger partial charge on any atom is -0.370 e. The van der Waals surface area contributed by atoms with E-state index in [1.54, 1.807) is 0 Å². The van der Waals surface area contributed by atoms with Crippen LogP contribution in [-0.2, 0) is 19.7 Å². The summed E-state index contributed by atoms with van der Waals surface area (Å²) in [6, 6.07) is 0. The first kappa shape index (κ1) is 14.3. The smallest absolute Gasteiger partial charge is 0.279 e. The van der Waals surface area contributed by atoms with Crippen LogP contribution in [0, 0.1) is 0 Å².